The molecule has 1 aliphatic carbocycles. The summed E-state index contributed by atoms with van der Waals surface area (Å²) in [4.78, 5) is 0. The highest BCUT2D eigenvalue weighted by Gasteiger charge is 2.33. The number of aromatic nitrogens is 2. The van der Waals surface area contributed by atoms with Crippen LogP contribution < -0.4 is 5.32 Å². The van der Waals surface area contributed by atoms with Gasteiger partial charge in [0.25, 0.3) is 0 Å². The van der Waals surface area contributed by atoms with E-state index < -0.39 is 0 Å². The molecule has 1 aliphatic rings. The van der Waals surface area contributed by atoms with E-state index in [4.69, 9.17) is 0 Å². The number of anilines is 1. The molecule has 0 bridgehead atoms. The maximum Gasteiger partial charge on any atom is 0.206 e. The van der Waals surface area contributed by atoms with Gasteiger partial charge < -0.3 is 10.4 Å². The van der Waals surface area contributed by atoms with Gasteiger partial charge in [0, 0.05) is 0 Å². The number of nitrogens with one attached hydrogen (secondary N) is 1. The van der Waals surface area contributed by atoms with Crippen LogP contribution in [0.1, 0.15) is 25.7 Å². The molecule has 0 unspecified atom stereocenters. The Labute approximate surface area is 94.9 Å². The highest BCUT2D eigenvalue weighted by molar-refractivity contribution is 9.11. The van der Waals surface area contributed by atoms with E-state index in [1.807, 2.05) is 0 Å². The lowest BCUT2D eigenvalue weighted by Gasteiger charge is -2.27. The first-order valence-electron chi connectivity index (χ1n) is 4.62. The summed E-state index contributed by atoms with van der Waals surface area (Å²) in [6.45, 7) is 0.171. The van der Waals surface area contributed by atoms with Crippen molar-refractivity contribution in [2.45, 2.75) is 31.2 Å². The van der Waals surface area contributed by atoms with Crippen LogP contribution in [-0.2, 0) is 0 Å². The van der Waals surface area contributed by atoms with E-state index in [1.165, 1.54) is 24.2 Å². The maximum absolute atomic E-state index is 9.37. The summed E-state index contributed by atoms with van der Waals surface area (Å²) in [6.07, 6.45) is 4.38. The molecule has 0 radical (unpaired) electrons. The smallest absolute Gasteiger partial charge is 0.206 e. The van der Waals surface area contributed by atoms with Gasteiger partial charge in [-0.05, 0) is 28.8 Å². The largest absolute Gasteiger partial charge is 0.394 e. The van der Waals surface area contributed by atoms with Gasteiger partial charge in [-0.2, -0.15) is 0 Å². The van der Waals surface area contributed by atoms with Crippen LogP contribution in [0.25, 0.3) is 0 Å². The standard InChI is InChI=1S/C8H12BrN3OS/c9-6-11-12-7(14-6)10-8(5-13)3-1-2-4-8/h13H,1-5H2,(H,10,12). The molecule has 0 atom stereocenters. The minimum Gasteiger partial charge on any atom is -0.394 e. The van der Waals surface area contributed by atoms with Gasteiger partial charge in [0.15, 0.2) is 3.92 Å². The fourth-order valence-corrected chi connectivity index (χ4v) is 2.99. The summed E-state index contributed by atoms with van der Waals surface area (Å²) in [7, 11) is 0. The van der Waals surface area contributed by atoms with Crippen LogP contribution in [0.3, 0.4) is 0 Å². The Morgan fingerprint density at radius 1 is 1.43 bits per heavy atom. The number of aliphatic hydroxyl groups excluding tert-OH is 1. The zero-order valence-electron chi connectivity index (χ0n) is 7.66. The van der Waals surface area contributed by atoms with E-state index in [2.05, 4.69) is 31.4 Å². The van der Waals surface area contributed by atoms with Gasteiger partial charge in [-0.15, -0.1) is 10.2 Å². The Balaban J connectivity index is 2.08. The first kappa shape index (κ1) is 10.3. The summed E-state index contributed by atoms with van der Waals surface area (Å²) in [5, 5.41) is 21.3. The van der Waals surface area contributed by atoms with Crippen LogP contribution in [0.2, 0.25) is 0 Å². The summed E-state index contributed by atoms with van der Waals surface area (Å²) in [5.74, 6) is 0. The number of aliphatic hydroxyl groups is 1. The lowest BCUT2D eigenvalue weighted by atomic mass is 10.00. The molecule has 0 saturated heterocycles. The van der Waals surface area contributed by atoms with Crippen molar-refractivity contribution in [1.82, 2.24) is 10.2 Å². The third-order valence-corrected chi connectivity index (χ3v) is 3.91. The van der Waals surface area contributed by atoms with Gasteiger partial charge >= 0.3 is 0 Å². The molecule has 1 saturated carbocycles. The summed E-state index contributed by atoms with van der Waals surface area (Å²) >= 11 is 4.72. The van der Waals surface area contributed by atoms with Gasteiger partial charge in [0.05, 0.1) is 12.1 Å². The molecular formula is C8H12BrN3OS. The molecule has 1 fully saturated rings. The monoisotopic (exact) mass is 277 g/mol. The molecule has 14 heavy (non-hydrogen) atoms. The van der Waals surface area contributed by atoms with Gasteiger partial charge in [-0.1, -0.05) is 24.2 Å². The molecule has 78 valence electrons. The third kappa shape index (κ3) is 2.07. The van der Waals surface area contributed by atoms with E-state index in [9.17, 15) is 5.11 Å². The lowest BCUT2D eigenvalue weighted by molar-refractivity contribution is 0.214. The summed E-state index contributed by atoms with van der Waals surface area (Å²) in [6, 6.07) is 0. The summed E-state index contributed by atoms with van der Waals surface area (Å²) in [5.41, 5.74) is -0.154. The average Bonchev–Trinajstić information content (AvgIpc) is 2.77. The van der Waals surface area contributed by atoms with Crippen molar-refractivity contribution >= 4 is 32.4 Å². The van der Waals surface area contributed by atoms with Crippen molar-refractivity contribution in [3.8, 4) is 0 Å². The van der Waals surface area contributed by atoms with Crippen molar-refractivity contribution in [3.63, 3.8) is 0 Å². The Bertz CT molecular complexity index is 311. The number of hydrogen-bond acceptors (Lipinski definition) is 5. The van der Waals surface area contributed by atoms with Gasteiger partial charge in [0.1, 0.15) is 0 Å². The van der Waals surface area contributed by atoms with Crippen molar-refractivity contribution in [2.24, 2.45) is 0 Å². The molecule has 1 heterocycles. The highest BCUT2D eigenvalue weighted by atomic mass is 79.9. The molecule has 1 aromatic heterocycles. The van der Waals surface area contributed by atoms with Crippen molar-refractivity contribution in [1.29, 1.82) is 0 Å². The predicted molar refractivity (Wildman–Crippen MR) is 59.5 cm³/mol. The quantitative estimate of drug-likeness (QED) is 0.888. The van der Waals surface area contributed by atoms with Gasteiger partial charge in [-0.25, -0.2) is 0 Å². The Kier molecular flexibility index (Phi) is 3.04. The SMILES string of the molecule is OCC1(Nc2nnc(Br)s2)CCCC1. The first-order valence-corrected chi connectivity index (χ1v) is 6.23. The highest BCUT2D eigenvalue weighted by Crippen LogP contribution is 2.34. The molecule has 2 rings (SSSR count). The lowest BCUT2D eigenvalue weighted by Crippen LogP contribution is -2.38. The Morgan fingerprint density at radius 2 is 2.14 bits per heavy atom. The van der Waals surface area contributed by atoms with Crippen LogP contribution in [0.15, 0.2) is 3.92 Å². The number of nitrogens with zero attached hydrogens (tertiary/aromatic N) is 2. The number of hydrogen-bond donors (Lipinski definition) is 2. The van der Waals surface area contributed by atoms with Crippen LogP contribution in [-0.4, -0.2) is 27.4 Å². The van der Waals surface area contributed by atoms with Crippen LogP contribution in [0.5, 0.6) is 0 Å². The first-order chi connectivity index (χ1) is 6.74. The molecule has 0 spiro atoms. The van der Waals surface area contributed by atoms with Gasteiger partial charge in [-0.3, -0.25) is 0 Å². The van der Waals surface area contributed by atoms with E-state index in [0.717, 1.165) is 21.9 Å². The van der Waals surface area contributed by atoms with Crippen LogP contribution in [0, 0.1) is 0 Å². The van der Waals surface area contributed by atoms with E-state index >= 15 is 0 Å². The Hall–Kier alpha value is -0.200. The average molecular weight is 278 g/mol. The van der Waals surface area contributed by atoms with E-state index in [-0.39, 0.29) is 12.1 Å². The second kappa shape index (κ2) is 4.12. The summed E-state index contributed by atoms with van der Waals surface area (Å²) < 4.78 is 0.770. The molecule has 6 heteroatoms. The molecule has 1 aromatic rings. The molecular weight excluding hydrogens is 266 g/mol. The fraction of sp³-hybridized carbons (Fsp3) is 0.750. The minimum absolute atomic E-state index is 0.154. The van der Waals surface area contributed by atoms with Crippen LogP contribution in [0.4, 0.5) is 5.13 Å². The van der Waals surface area contributed by atoms with Crippen molar-refractivity contribution in [2.75, 3.05) is 11.9 Å². The second-order valence-corrected chi connectivity index (χ2v) is 5.88. The van der Waals surface area contributed by atoms with Gasteiger partial charge in [0.2, 0.25) is 5.13 Å². The third-order valence-electron chi connectivity index (χ3n) is 2.64. The van der Waals surface area contributed by atoms with Crippen molar-refractivity contribution in [3.05, 3.63) is 3.92 Å². The number of rotatable bonds is 3. The minimum atomic E-state index is -0.154. The zero-order valence-corrected chi connectivity index (χ0v) is 10.1. The molecule has 2 N–H and O–H groups in total. The maximum atomic E-state index is 9.37. The van der Waals surface area contributed by atoms with E-state index in [1.54, 1.807) is 0 Å². The van der Waals surface area contributed by atoms with Crippen LogP contribution >= 0.6 is 27.3 Å². The fourth-order valence-electron chi connectivity index (χ4n) is 1.86. The number of halogens is 1. The van der Waals surface area contributed by atoms with Crippen molar-refractivity contribution < 1.29 is 5.11 Å². The second-order valence-electron chi connectivity index (χ2n) is 3.63. The zero-order chi connectivity index (χ0) is 10.0. The molecule has 4 nitrogen and oxygen atoms in total. The molecule has 0 aromatic carbocycles. The Morgan fingerprint density at radius 3 is 2.64 bits per heavy atom. The molecule has 0 amide bonds. The predicted octanol–water partition coefficient (Wildman–Crippen LogP) is 2.02. The topological polar surface area (TPSA) is 58.0 Å². The van der Waals surface area contributed by atoms with E-state index in [0.29, 0.717) is 0 Å². The molecule has 0 aliphatic heterocycles. The normalized spacial score (nSPS) is 19.9.